The van der Waals surface area contributed by atoms with Crippen LogP contribution in [0.1, 0.15) is 52.1 Å². The Morgan fingerprint density at radius 1 is 1.32 bits per heavy atom. The van der Waals surface area contributed by atoms with Crippen molar-refractivity contribution in [3.8, 4) is 0 Å². The molecule has 1 unspecified atom stereocenters. The summed E-state index contributed by atoms with van der Waals surface area (Å²) in [6, 6.07) is 3.96. The molecule has 0 amide bonds. The molecule has 0 aliphatic carbocycles. The van der Waals surface area contributed by atoms with Gasteiger partial charge in [0, 0.05) is 18.2 Å². The van der Waals surface area contributed by atoms with E-state index in [2.05, 4.69) is 30.3 Å². The van der Waals surface area contributed by atoms with Gasteiger partial charge in [-0.05, 0) is 31.4 Å². The summed E-state index contributed by atoms with van der Waals surface area (Å²) in [5.41, 5.74) is 1.89. The first-order valence-corrected chi connectivity index (χ1v) is 7.02. The molecule has 102 valence electrons. The molecule has 0 radical (unpaired) electrons. The highest BCUT2D eigenvalue weighted by atomic mass is 16.5. The fraction of sp³-hybridized carbons (Fsp3) is 0.600. The first kappa shape index (κ1) is 12.6. The van der Waals surface area contributed by atoms with Crippen molar-refractivity contribution in [1.29, 1.82) is 0 Å². The third-order valence-corrected chi connectivity index (χ3v) is 3.56. The predicted octanol–water partition coefficient (Wildman–Crippen LogP) is 3.43. The van der Waals surface area contributed by atoms with Gasteiger partial charge in [0.1, 0.15) is 17.6 Å². The third-order valence-electron chi connectivity index (χ3n) is 3.56. The topological polar surface area (TPSA) is 39.9 Å². The monoisotopic (exact) mass is 259 g/mol. The van der Waals surface area contributed by atoms with Crippen LogP contribution in [0.15, 0.2) is 18.3 Å². The average Bonchev–Trinajstić information content (AvgIpc) is 2.79. The SMILES string of the molecule is CC(C)(C)c1nc2cccnc2n1C1CCCCO1. The number of pyridine rings is 1. The van der Waals surface area contributed by atoms with E-state index in [0.717, 1.165) is 36.4 Å². The zero-order valence-electron chi connectivity index (χ0n) is 11.9. The Morgan fingerprint density at radius 2 is 2.16 bits per heavy atom. The van der Waals surface area contributed by atoms with Crippen molar-refractivity contribution in [3.63, 3.8) is 0 Å². The second-order valence-corrected chi connectivity index (χ2v) is 6.22. The van der Waals surface area contributed by atoms with Gasteiger partial charge in [-0.15, -0.1) is 0 Å². The maximum Gasteiger partial charge on any atom is 0.162 e. The van der Waals surface area contributed by atoms with Gasteiger partial charge in [-0.25, -0.2) is 9.97 Å². The summed E-state index contributed by atoms with van der Waals surface area (Å²) in [4.78, 5) is 9.29. The van der Waals surface area contributed by atoms with Crippen molar-refractivity contribution >= 4 is 11.2 Å². The molecule has 0 N–H and O–H groups in total. The molecular formula is C15H21N3O. The van der Waals surface area contributed by atoms with Crippen LogP contribution in [0.2, 0.25) is 0 Å². The van der Waals surface area contributed by atoms with Gasteiger partial charge in [-0.3, -0.25) is 4.57 Å². The van der Waals surface area contributed by atoms with Crippen LogP contribution in [0.3, 0.4) is 0 Å². The molecule has 0 saturated carbocycles. The maximum atomic E-state index is 5.95. The number of imidazole rings is 1. The number of ether oxygens (including phenoxy) is 1. The van der Waals surface area contributed by atoms with E-state index in [9.17, 15) is 0 Å². The average molecular weight is 259 g/mol. The van der Waals surface area contributed by atoms with E-state index < -0.39 is 0 Å². The Balaban J connectivity index is 2.18. The lowest BCUT2D eigenvalue weighted by Crippen LogP contribution is -2.26. The molecule has 4 heteroatoms. The largest absolute Gasteiger partial charge is 0.358 e. The summed E-state index contributed by atoms with van der Waals surface area (Å²) in [6.07, 6.45) is 5.33. The quantitative estimate of drug-likeness (QED) is 0.787. The molecule has 4 nitrogen and oxygen atoms in total. The molecule has 2 aromatic heterocycles. The lowest BCUT2D eigenvalue weighted by molar-refractivity contribution is -0.0326. The van der Waals surface area contributed by atoms with Gasteiger partial charge in [0.05, 0.1) is 0 Å². The zero-order valence-corrected chi connectivity index (χ0v) is 11.9. The standard InChI is InChI=1S/C15H21N3O/c1-15(2,3)14-17-11-7-6-9-16-13(11)18(14)12-8-4-5-10-19-12/h6-7,9,12H,4-5,8,10H2,1-3H3. The number of rotatable bonds is 1. The second kappa shape index (κ2) is 4.60. The van der Waals surface area contributed by atoms with E-state index in [4.69, 9.17) is 9.72 Å². The van der Waals surface area contributed by atoms with Crippen LogP contribution < -0.4 is 0 Å². The normalized spacial score (nSPS) is 20.9. The van der Waals surface area contributed by atoms with E-state index in [0.29, 0.717) is 0 Å². The Bertz CT molecular complexity index is 577. The highest BCUT2D eigenvalue weighted by Crippen LogP contribution is 2.32. The Kier molecular flexibility index (Phi) is 3.05. The van der Waals surface area contributed by atoms with Crippen LogP contribution in [-0.4, -0.2) is 21.1 Å². The van der Waals surface area contributed by atoms with Crippen molar-refractivity contribution in [3.05, 3.63) is 24.2 Å². The molecule has 1 saturated heterocycles. The van der Waals surface area contributed by atoms with E-state index in [1.54, 1.807) is 0 Å². The molecule has 1 aliphatic heterocycles. The van der Waals surface area contributed by atoms with Crippen molar-refractivity contribution in [1.82, 2.24) is 14.5 Å². The highest BCUT2D eigenvalue weighted by molar-refractivity contribution is 5.71. The summed E-state index contributed by atoms with van der Waals surface area (Å²) < 4.78 is 8.15. The first-order chi connectivity index (χ1) is 9.07. The molecule has 1 fully saturated rings. The van der Waals surface area contributed by atoms with E-state index in [1.165, 1.54) is 6.42 Å². The number of hydrogen-bond donors (Lipinski definition) is 0. The van der Waals surface area contributed by atoms with E-state index in [1.807, 2.05) is 18.3 Å². The number of hydrogen-bond acceptors (Lipinski definition) is 3. The summed E-state index contributed by atoms with van der Waals surface area (Å²) in [5, 5.41) is 0. The summed E-state index contributed by atoms with van der Waals surface area (Å²) in [5.74, 6) is 1.06. The fourth-order valence-electron chi connectivity index (χ4n) is 2.66. The summed E-state index contributed by atoms with van der Waals surface area (Å²) in [7, 11) is 0. The van der Waals surface area contributed by atoms with Crippen LogP contribution in [-0.2, 0) is 10.2 Å². The van der Waals surface area contributed by atoms with Gasteiger partial charge in [-0.2, -0.15) is 0 Å². The molecule has 0 bridgehead atoms. The minimum atomic E-state index is -0.0124. The molecule has 0 spiro atoms. The van der Waals surface area contributed by atoms with Crippen LogP contribution in [0.5, 0.6) is 0 Å². The lowest BCUT2D eigenvalue weighted by Gasteiger charge is -2.29. The fourth-order valence-corrected chi connectivity index (χ4v) is 2.66. The van der Waals surface area contributed by atoms with Gasteiger partial charge in [0.25, 0.3) is 0 Å². The number of fused-ring (bicyclic) bond motifs is 1. The second-order valence-electron chi connectivity index (χ2n) is 6.22. The Hall–Kier alpha value is -1.42. The molecule has 1 atom stereocenters. The van der Waals surface area contributed by atoms with Gasteiger partial charge >= 0.3 is 0 Å². The Morgan fingerprint density at radius 3 is 2.84 bits per heavy atom. The molecule has 3 heterocycles. The minimum Gasteiger partial charge on any atom is -0.358 e. The molecule has 1 aliphatic rings. The highest BCUT2D eigenvalue weighted by Gasteiger charge is 2.28. The predicted molar refractivity (Wildman–Crippen MR) is 75.1 cm³/mol. The van der Waals surface area contributed by atoms with Gasteiger partial charge in [-0.1, -0.05) is 20.8 Å². The molecule has 19 heavy (non-hydrogen) atoms. The smallest absolute Gasteiger partial charge is 0.162 e. The van der Waals surface area contributed by atoms with Gasteiger partial charge < -0.3 is 4.74 Å². The Labute approximate surface area is 113 Å². The van der Waals surface area contributed by atoms with Crippen LogP contribution in [0, 0.1) is 0 Å². The van der Waals surface area contributed by atoms with Crippen LogP contribution >= 0.6 is 0 Å². The van der Waals surface area contributed by atoms with Crippen molar-refractivity contribution in [2.75, 3.05) is 6.61 Å². The number of nitrogens with zero attached hydrogens (tertiary/aromatic N) is 3. The molecule has 0 aromatic carbocycles. The van der Waals surface area contributed by atoms with E-state index >= 15 is 0 Å². The minimum absolute atomic E-state index is 0.0124. The maximum absolute atomic E-state index is 5.95. The van der Waals surface area contributed by atoms with Crippen molar-refractivity contribution < 1.29 is 4.74 Å². The summed E-state index contributed by atoms with van der Waals surface area (Å²) in [6.45, 7) is 7.40. The van der Waals surface area contributed by atoms with Crippen LogP contribution in [0.25, 0.3) is 11.2 Å². The lowest BCUT2D eigenvalue weighted by atomic mass is 9.95. The summed E-state index contributed by atoms with van der Waals surface area (Å²) >= 11 is 0. The van der Waals surface area contributed by atoms with Crippen molar-refractivity contribution in [2.45, 2.75) is 51.7 Å². The van der Waals surface area contributed by atoms with E-state index in [-0.39, 0.29) is 11.6 Å². The number of aromatic nitrogens is 3. The zero-order chi connectivity index (χ0) is 13.5. The van der Waals surface area contributed by atoms with Crippen LogP contribution in [0.4, 0.5) is 0 Å². The third kappa shape index (κ3) is 2.25. The van der Waals surface area contributed by atoms with Crippen molar-refractivity contribution in [2.24, 2.45) is 0 Å². The van der Waals surface area contributed by atoms with Gasteiger partial charge in [0.15, 0.2) is 5.65 Å². The molecular weight excluding hydrogens is 238 g/mol. The van der Waals surface area contributed by atoms with Gasteiger partial charge in [0.2, 0.25) is 0 Å². The molecule has 2 aromatic rings. The molecule has 3 rings (SSSR count). The first-order valence-electron chi connectivity index (χ1n) is 7.02.